The first kappa shape index (κ1) is 41.7. The van der Waals surface area contributed by atoms with Crippen LogP contribution in [0.15, 0.2) is 48.7 Å². The standard InChI is InChI=1S/C43H47F5N8O3/c1-4-33-30(40(53-28-11-15-59-16-12-28)31-21-52-56(5-2)41(31)54-33)20-51-43(58)35-38(47)36(45)34(37(46)39(35)48)42(57)50-19-25-9-10-32(44)29(18-25)27-8-6-7-26(17-27)23-55-14-13-49-24(3)22-55/h6-10,17-18,21,24,28,49H,4-5,11-16,19-20,22-23H2,1-3H3,(H,50,57)(H,51,58)(H,53,54)/t24-/m0/s1. The lowest BCUT2D eigenvalue weighted by Gasteiger charge is -2.31. The fourth-order valence-electron chi connectivity index (χ4n) is 7.81. The maximum atomic E-state index is 15.6. The number of halogens is 5. The summed E-state index contributed by atoms with van der Waals surface area (Å²) in [5.41, 5.74) is 1.47. The molecule has 2 saturated heterocycles. The highest BCUT2D eigenvalue weighted by molar-refractivity contribution is 5.99. The molecule has 16 heteroatoms. The molecule has 7 rings (SSSR count). The molecule has 2 aromatic heterocycles. The number of aryl methyl sites for hydroxylation is 2. The third-order valence-corrected chi connectivity index (χ3v) is 10.9. The molecule has 2 fully saturated rings. The second kappa shape index (κ2) is 18.2. The smallest absolute Gasteiger partial charge is 0.257 e. The minimum Gasteiger partial charge on any atom is -0.381 e. The van der Waals surface area contributed by atoms with E-state index in [1.165, 1.54) is 18.2 Å². The van der Waals surface area contributed by atoms with Crippen LogP contribution in [0.25, 0.3) is 22.2 Å². The number of amides is 2. The number of piperazine rings is 1. The number of carbonyl (C=O) groups excluding carboxylic acids is 2. The Bertz CT molecular complexity index is 2340. The first-order valence-electron chi connectivity index (χ1n) is 19.9. The third kappa shape index (κ3) is 8.94. The molecule has 59 heavy (non-hydrogen) atoms. The normalized spacial score (nSPS) is 16.4. The van der Waals surface area contributed by atoms with E-state index in [9.17, 15) is 9.59 Å². The Labute approximate surface area is 338 Å². The van der Waals surface area contributed by atoms with Crippen LogP contribution in [0.2, 0.25) is 0 Å². The van der Waals surface area contributed by atoms with Gasteiger partial charge in [-0.25, -0.2) is 31.6 Å². The molecule has 5 aromatic rings. The molecule has 1 atom stereocenters. The van der Waals surface area contributed by atoms with E-state index in [2.05, 4.69) is 38.2 Å². The van der Waals surface area contributed by atoms with E-state index in [-0.39, 0.29) is 24.7 Å². The number of aromatic nitrogens is 3. The SMILES string of the molecule is CCc1nc2c(cnn2CC)c(NC2CCOCC2)c1CNC(=O)c1c(F)c(F)c(C(=O)NCc2ccc(F)c(-c3cccc(CN4CCN[C@@H](C)C4)c3)c2)c(F)c1F. The Morgan fingerprint density at radius 2 is 1.59 bits per heavy atom. The molecule has 0 bridgehead atoms. The zero-order valence-electron chi connectivity index (χ0n) is 33.2. The lowest BCUT2D eigenvalue weighted by atomic mass is 10.00. The van der Waals surface area contributed by atoms with E-state index in [1.807, 2.05) is 32.0 Å². The molecule has 4 N–H and O–H groups in total. The summed E-state index contributed by atoms with van der Waals surface area (Å²) in [6.45, 7) is 10.2. The zero-order valence-corrected chi connectivity index (χ0v) is 33.2. The Kier molecular flexibility index (Phi) is 12.9. The van der Waals surface area contributed by atoms with Crippen molar-refractivity contribution in [3.05, 3.63) is 111 Å². The average molecular weight is 819 g/mol. The Hall–Kier alpha value is -5.45. The Morgan fingerprint density at radius 3 is 2.25 bits per heavy atom. The number of ether oxygens (including phenoxy) is 1. The van der Waals surface area contributed by atoms with Crippen molar-refractivity contribution in [2.75, 3.05) is 38.2 Å². The average Bonchev–Trinajstić information content (AvgIpc) is 3.65. The van der Waals surface area contributed by atoms with Crippen LogP contribution in [-0.2, 0) is 37.3 Å². The van der Waals surface area contributed by atoms with Gasteiger partial charge < -0.3 is 26.0 Å². The predicted molar refractivity (Wildman–Crippen MR) is 213 cm³/mol. The topological polar surface area (TPSA) is 125 Å². The number of anilines is 1. The summed E-state index contributed by atoms with van der Waals surface area (Å²) in [6.07, 6.45) is 3.50. The molecule has 11 nitrogen and oxygen atoms in total. The second-order valence-electron chi connectivity index (χ2n) is 15.0. The van der Waals surface area contributed by atoms with Gasteiger partial charge in [-0.3, -0.25) is 14.5 Å². The van der Waals surface area contributed by atoms with Crippen molar-refractivity contribution in [3.8, 4) is 11.1 Å². The molecule has 312 valence electrons. The number of hydrogen-bond acceptors (Lipinski definition) is 8. The van der Waals surface area contributed by atoms with E-state index >= 15 is 22.0 Å². The molecular weight excluding hydrogens is 772 g/mol. The van der Waals surface area contributed by atoms with Gasteiger partial charge >= 0.3 is 0 Å². The van der Waals surface area contributed by atoms with Gasteiger partial charge in [-0.1, -0.05) is 31.2 Å². The van der Waals surface area contributed by atoms with Gasteiger partial charge in [0.05, 0.1) is 17.3 Å². The van der Waals surface area contributed by atoms with E-state index in [0.717, 1.165) is 25.2 Å². The Balaban J connectivity index is 1.07. The van der Waals surface area contributed by atoms with Crippen molar-refractivity contribution < 1.29 is 36.3 Å². The van der Waals surface area contributed by atoms with Crippen LogP contribution in [0.4, 0.5) is 27.6 Å². The predicted octanol–water partition coefficient (Wildman–Crippen LogP) is 6.62. The minimum absolute atomic E-state index is 0.0223. The maximum absolute atomic E-state index is 15.6. The maximum Gasteiger partial charge on any atom is 0.257 e. The van der Waals surface area contributed by atoms with Crippen molar-refractivity contribution in [1.82, 2.24) is 35.6 Å². The van der Waals surface area contributed by atoms with Gasteiger partial charge in [0, 0.05) is 87.9 Å². The number of hydrogen-bond donors (Lipinski definition) is 4. The van der Waals surface area contributed by atoms with Crippen molar-refractivity contribution in [2.24, 2.45) is 0 Å². The molecular formula is C43H47F5N8O3. The van der Waals surface area contributed by atoms with Gasteiger partial charge in [0.15, 0.2) is 28.9 Å². The highest BCUT2D eigenvalue weighted by atomic mass is 19.2. The first-order valence-corrected chi connectivity index (χ1v) is 19.9. The fraction of sp³-hybridized carbons (Fsp3) is 0.395. The van der Waals surface area contributed by atoms with E-state index < -0.39 is 52.0 Å². The number of nitrogens with one attached hydrogen (secondary N) is 4. The quantitative estimate of drug-likeness (QED) is 0.0773. The zero-order chi connectivity index (χ0) is 41.8. The highest BCUT2D eigenvalue weighted by Gasteiger charge is 2.33. The summed E-state index contributed by atoms with van der Waals surface area (Å²) in [7, 11) is 0. The number of pyridine rings is 1. The van der Waals surface area contributed by atoms with Gasteiger partial charge in [-0.05, 0) is 68.0 Å². The minimum atomic E-state index is -2.03. The number of nitrogens with zero attached hydrogens (tertiary/aromatic N) is 4. The molecule has 0 unspecified atom stereocenters. The van der Waals surface area contributed by atoms with Gasteiger partial charge in [0.1, 0.15) is 16.9 Å². The fourth-order valence-corrected chi connectivity index (χ4v) is 7.81. The summed E-state index contributed by atoms with van der Waals surface area (Å²) in [5.74, 6) is -11.5. The first-order chi connectivity index (χ1) is 28.5. The molecule has 3 aromatic carbocycles. The largest absolute Gasteiger partial charge is 0.381 e. The summed E-state index contributed by atoms with van der Waals surface area (Å²) < 4.78 is 84.4. The highest BCUT2D eigenvalue weighted by Crippen LogP contribution is 2.32. The van der Waals surface area contributed by atoms with Crippen molar-refractivity contribution in [2.45, 2.75) is 78.3 Å². The lowest BCUT2D eigenvalue weighted by Crippen LogP contribution is -2.48. The number of benzene rings is 3. The monoisotopic (exact) mass is 818 g/mol. The third-order valence-electron chi connectivity index (χ3n) is 10.9. The van der Waals surface area contributed by atoms with Crippen LogP contribution in [0.1, 0.15) is 76.7 Å². The van der Waals surface area contributed by atoms with Crippen LogP contribution in [-0.4, -0.2) is 76.4 Å². The van der Waals surface area contributed by atoms with Gasteiger partial charge in [0.25, 0.3) is 11.8 Å². The second-order valence-corrected chi connectivity index (χ2v) is 15.0. The van der Waals surface area contributed by atoms with E-state index in [0.29, 0.717) is 90.7 Å². The summed E-state index contributed by atoms with van der Waals surface area (Å²) in [4.78, 5) is 33.5. The summed E-state index contributed by atoms with van der Waals surface area (Å²) in [5, 5.41) is 16.7. The molecule has 0 saturated carbocycles. The van der Waals surface area contributed by atoms with E-state index in [4.69, 9.17) is 9.72 Å². The van der Waals surface area contributed by atoms with Crippen LogP contribution < -0.4 is 21.3 Å². The van der Waals surface area contributed by atoms with Crippen molar-refractivity contribution >= 4 is 28.5 Å². The molecule has 4 heterocycles. The molecule has 0 aliphatic carbocycles. The molecule has 2 aliphatic heterocycles. The molecule has 2 aliphatic rings. The number of carbonyl (C=O) groups is 2. The van der Waals surface area contributed by atoms with Crippen LogP contribution in [0, 0.1) is 29.1 Å². The number of rotatable bonds is 13. The van der Waals surface area contributed by atoms with Gasteiger partial charge in [0.2, 0.25) is 0 Å². The summed E-state index contributed by atoms with van der Waals surface area (Å²) >= 11 is 0. The van der Waals surface area contributed by atoms with Crippen molar-refractivity contribution in [1.29, 1.82) is 0 Å². The van der Waals surface area contributed by atoms with Gasteiger partial charge in [-0.15, -0.1) is 0 Å². The van der Waals surface area contributed by atoms with Crippen LogP contribution >= 0.6 is 0 Å². The number of fused-ring (bicyclic) bond motifs is 1. The van der Waals surface area contributed by atoms with Crippen molar-refractivity contribution in [3.63, 3.8) is 0 Å². The molecule has 0 radical (unpaired) electrons. The Morgan fingerprint density at radius 1 is 0.898 bits per heavy atom. The molecule has 2 amide bonds. The van der Waals surface area contributed by atoms with Crippen LogP contribution in [0.5, 0.6) is 0 Å². The van der Waals surface area contributed by atoms with Crippen LogP contribution in [0.3, 0.4) is 0 Å². The van der Waals surface area contributed by atoms with Gasteiger partial charge in [-0.2, -0.15) is 5.10 Å². The molecule has 0 spiro atoms. The summed E-state index contributed by atoms with van der Waals surface area (Å²) in [6, 6.07) is 11.9. The lowest BCUT2D eigenvalue weighted by molar-refractivity contribution is 0.0904. The van der Waals surface area contributed by atoms with E-state index in [1.54, 1.807) is 16.9 Å².